The van der Waals surface area contributed by atoms with Crippen molar-refractivity contribution < 1.29 is 14.3 Å². The lowest BCUT2D eigenvalue weighted by Crippen LogP contribution is -2.46. The minimum atomic E-state index is -0.0346. The molecule has 0 radical (unpaired) electrons. The van der Waals surface area contributed by atoms with Gasteiger partial charge in [-0.3, -0.25) is 4.79 Å². The van der Waals surface area contributed by atoms with Crippen molar-refractivity contribution in [1.29, 1.82) is 0 Å². The number of hydrogen-bond donors (Lipinski definition) is 2. The smallest absolute Gasteiger partial charge is 0.243 e. The van der Waals surface area contributed by atoms with Crippen molar-refractivity contribution in [3.8, 4) is 0 Å². The van der Waals surface area contributed by atoms with Crippen LogP contribution in [0.5, 0.6) is 0 Å². The summed E-state index contributed by atoms with van der Waals surface area (Å²) < 4.78 is 10.7. The van der Waals surface area contributed by atoms with Gasteiger partial charge in [0.15, 0.2) is 5.96 Å². The summed E-state index contributed by atoms with van der Waals surface area (Å²) in [5.74, 6) is 0.581. The number of nitrogens with zero attached hydrogens (tertiary/aromatic N) is 2. The summed E-state index contributed by atoms with van der Waals surface area (Å²) in [4.78, 5) is 17.5. The van der Waals surface area contributed by atoms with Gasteiger partial charge in [-0.1, -0.05) is 0 Å². The largest absolute Gasteiger partial charge is 0.383 e. The van der Waals surface area contributed by atoms with Crippen LogP contribution >= 0.6 is 24.0 Å². The summed E-state index contributed by atoms with van der Waals surface area (Å²) in [5, 5.41) is 6.46. The zero-order valence-corrected chi connectivity index (χ0v) is 16.3. The molecule has 1 amide bonds. The highest BCUT2D eigenvalue weighted by molar-refractivity contribution is 14.0. The number of methoxy groups -OCH3 is 1. The average molecular weight is 428 g/mol. The predicted molar refractivity (Wildman–Crippen MR) is 97.9 cm³/mol. The molecule has 1 rings (SSSR count). The highest BCUT2D eigenvalue weighted by Gasteiger charge is 2.16. The Kier molecular flexibility index (Phi) is 11.6. The van der Waals surface area contributed by atoms with Gasteiger partial charge in [0, 0.05) is 40.4 Å². The number of carbonyl (C=O) groups is 1. The lowest BCUT2D eigenvalue weighted by atomic mass is 10.2. The van der Waals surface area contributed by atoms with Gasteiger partial charge in [0.25, 0.3) is 0 Å². The van der Waals surface area contributed by atoms with Crippen molar-refractivity contribution >= 4 is 35.8 Å². The Morgan fingerprint density at radius 2 is 2.23 bits per heavy atom. The Bertz CT molecular complexity index is 347. The molecule has 0 aromatic carbocycles. The van der Waals surface area contributed by atoms with Crippen LogP contribution in [0.1, 0.15) is 19.8 Å². The van der Waals surface area contributed by atoms with E-state index in [1.54, 1.807) is 21.2 Å². The molecule has 8 heteroatoms. The van der Waals surface area contributed by atoms with Crippen LogP contribution in [0.3, 0.4) is 0 Å². The topological polar surface area (TPSA) is 75.2 Å². The number of carbonyl (C=O) groups excluding carboxylic acids is 1. The van der Waals surface area contributed by atoms with Gasteiger partial charge in [-0.25, -0.2) is 4.99 Å². The first-order valence-electron chi connectivity index (χ1n) is 7.38. The zero-order valence-electron chi connectivity index (χ0n) is 13.9. The van der Waals surface area contributed by atoms with Crippen LogP contribution in [-0.2, 0) is 14.3 Å². The van der Waals surface area contributed by atoms with Crippen molar-refractivity contribution in [2.75, 3.05) is 47.5 Å². The third kappa shape index (κ3) is 8.74. The molecule has 2 unspecified atom stereocenters. The summed E-state index contributed by atoms with van der Waals surface area (Å²) in [6.45, 7) is 4.21. The van der Waals surface area contributed by atoms with E-state index in [-0.39, 0.29) is 48.6 Å². The fourth-order valence-corrected chi connectivity index (χ4v) is 1.98. The maximum Gasteiger partial charge on any atom is 0.243 e. The third-order valence-corrected chi connectivity index (χ3v) is 3.19. The Labute approximate surface area is 150 Å². The molecule has 1 aliphatic heterocycles. The SMILES string of the molecule is COCC(C)NC(=NCC(=O)N(C)C)NCC1CCCO1.I. The maximum atomic E-state index is 11.6. The molecule has 0 saturated carbocycles. The Morgan fingerprint density at radius 1 is 1.50 bits per heavy atom. The van der Waals surface area contributed by atoms with Gasteiger partial charge in [-0.15, -0.1) is 24.0 Å². The molecule has 1 aliphatic rings. The lowest BCUT2D eigenvalue weighted by Gasteiger charge is -2.19. The minimum Gasteiger partial charge on any atom is -0.383 e. The average Bonchev–Trinajstić information content (AvgIpc) is 2.94. The predicted octanol–water partition coefficient (Wildman–Crippen LogP) is 0.442. The molecule has 1 fully saturated rings. The van der Waals surface area contributed by atoms with Crippen LogP contribution < -0.4 is 10.6 Å². The van der Waals surface area contributed by atoms with Crippen LogP contribution in [0.2, 0.25) is 0 Å². The molecule has 130 valence electrons. The minimum absolute atomic E-state index is 0. The van der Waals surface area contributed by atoms with Gasteiger partial charge in [-0.2, -0.15) is 0 Å². The molecule has 0 aliphatic carbocycles. The second kappa shape index (κ2) is 11.9. The summed E-state index contributed by atoms with van der Waals surface area (Å²) in [7, 11) is 5.10. The highest BCUT2D eigenvalue weighted by atomic mass is 127. The van der Waals surface area contributed by atoms with E-state index in [9.17, 15) is 4.79 Å². The second-order valence-electron chi connectivity index (χ2n) is 5.47. The number of ether oxygens (including phenoxy) is 2. The molecular formula is C14H29IN4O3. The molecule has 2 atom stereocenters. The summed E-state index contributed by atoms with van der Waals surface area (Å²) >= 11 is 0. The van der Waals surface area contributed by atoms with Crippen molar-refractivity contribution in [1.82, 2.24) is 15.5 Å². The monoisotopic (exact) mass is 428 g/mol. The van der Waals surface area contributed by atoms with Crippen LogP contribution in [0.25, 0.3) is 0 Å². The molecule has 22 heavy (non-hydrogen) atoms. The van der Waals surface area contributed by atoms with Gasteiger partial charge < -0.3 is 25.0 Å². The van der Waals surface area contributed by atoms with Gasteiger partial charge >= 0.3 is 0 Å². The summed E-state index contributed by atoms with van der Waals surface area (Å²) in [5.41, 5.74) is 0. The number of rotatable bonds is 7. The van der Waals surface area contributed by atoms with Crippen LogP contribution in [0.15, 0.2) is 4.99 Å². The molecule has 1 saturated heterocycles. The quantitative estimate of drug-likeness (QED) is 0.350. The van der Waals surface area contributed by atoms with E-state index in [0.29, 0.717) is 19.1 Å². The third-order valence-electron chi connectivity index (χ3n) is 3.19. The number of likely N-dealkylation sites (N-methyl/N-ethyl adjacent to an activating group) is 1. The van der Waals surface area contributed by atoms with E-state index < -0.39 is 0 Å². The fourth-order valence-electron chi connectivity index (χ4n) is 1.98. The fraction of sp³-hybridized carbons (Fsp3) is 0.857. The molecule has 0 bridgehead atoms. The Morgan fingerprint density at radius 3 is 2.77 bits per heavy atom. The Balaban J connectivity index is 0.00000441. The van der Waals surface area contributed by atoms with Gasteiger partial charge in [0.2, 0.25) is 5.91 Å². The molecule has 0 aromatic heterocycles. The zero-order chi connectivity index (χ0) is 15.7. The van der Waals surface area contributed by atoms with Crippen LogP contribution in [0, 0.1) is 0 Å². The van der Waals surface area contributed by atoms with Crippen LogP contribution in [0.4, 0.5) is 0 Å². The van der Waals surface area contributed by atoms with E-state index in [4.69, 9.17) is 9.47 Å². The second-order valence-corrected chi connectivity index (χ2v) is 5.47. The molecule has 0 aromatic rings. The summed E-state index contributed by atoms with van der Waals surface area (Å²) in [6.07, 6.45) is 2.38. The van der Waals surface area contributed by atoms with Crippen LogP contribution in [-0.4, -0.2) is 76.4 Å². The van der Waals surface area contributed by atoms with E-state index in [1.165, 1.54) is 4.90 Å². The molecule has 2 N–H and O–H groups in total. The highest BCUT2D eigenvalue weighted by Crippen LogP contribution is 2.10. The first kappa shape index (κ1) is 21.4. The van der Waals surface area contributed by atoms with Gasteiger partial charge in [0.05, 0.1) is 12.7 Å². The maximum absolute atomic E-state index is 11.6. The first-order valence-corrected chi connectivity index (χ1v) is 7.38. The molecule has 7 nitrogen and oxygen atoms in total. The molecular weight excluding hydrogens is 399 g/mol. The number of halogens is 1. The van der Waals surface area contributed by atoms with Crippen molar-refractivity contribution in [3.63, 3.8) is 0 Å². The number of guanidine groups is 1. The van der Waals surface area contributed by atoms with Gasteiger partial charge in [-0.05, 0) is 19.8 Å². The number of amides is 1. The van der Waals surface area contributed by atoms with E-state index in [0.717, 1.165) is 19.4 Å². The normalized spacial score (nSPS) is 19.3. The van der Waals surface area contributed by atoms with E-state index in [1.807, 2.05) is 6.92 Å². The lowest BCUT2D eigenvalue weighted by molar-refractivity contribution is -0.127. The molecule has 0 spiro atoms. The van der Waals surface area contributed by atoms with E-state index >= 15 is 0 Å². The number of hydrogen-bond acceptors (Lipinski definition) is 4. The van der Waals surface area contributed by atoms with Crippen molar-refractivity contribution in [3.05, 3.63) is 0 Å². The molecule has 1 heterocycles. The van der Waals surface area contributed by atoms with Crippen molar-refractivity contribution in [2.45, 2.75) is 31.9 Å². The Hall–Kier alpha value is -0.610. The standard InChI is InChI=1S/C14H28N4O3.HI/c1-11(10-20-4)17-14(16-9-13(19)18(2)3)15-8-12-6-5-7-21-12;/h11-12H,5-10H2,1-4H3,(H2,15,16,17);1H. The summed E-state index contributed by atoms with van der Waals surface area (Å²) in [6, 6.07) is 0.111. The van der Waals surface area contributed by atoms with Crippen molar-refractivity contribution in [2.24, 2.45) is 4.99 Å². The number of aliphatic imine (C=N–C) groups is 1. The number of nitrogens with one attached hydrogen (secondary N) is 2. The van der Waals surface area contributed by atoms with Gasteiger partial charge in [0.1, 0.15) is 6.54 Å². The first-order chi connectivity index (χ1) is 10.0. The van der Waals surface area contributed by atoms with E-state index in [2.05, 4.69) is 15.6 Å².